The molecular formula is C51H30N4O+2. The van der Waals surface area contributed by atoms with Crippen molar-refractivity contribution in [1.29, 1.82) is 0 Å². The van der Waals surface area contributed by atoms with Crippen LogP contribution in [0.4, 0.5) is 0 Å². The number of ether oxygens (including phenoxy) is 1. The Morgan fingerprint density at radius 2 is 1.07 bits per heavy atom. The van der Waals surface area contributed by atoms with Gasteiger partial charge in [-0.1, -0.05) is 97.1 Å². The van der Waals surface area contributed by atoms with E-state index in [0.29, 0.717) is 0 Å². The van der Waals surface area contributed by atoms with Crippen LogP contribution in [0.15, 0.2) is 146 Å². The first kappa shape index (κ1) is 28.2. The first-order chi connectivity index (χ1) is 27.7. The van der Waals surface area contributed by atoms with Crippen molar-refractivity contribution in [3.8, 4) is 22.8 Å². The number of para-hydroxylation sites is 3. The highest BCUT2D eigenvalue weighted by Crippen LogP contribution is 2.59. The fraction of sp³-hybridized carbons (Fsp3) is 0.0588. The first-order valence-electron chi connectivity index (χ1n) is 19.5. The number of nitrogens with zero attached hydrogens (tertiary/aromatic N) is 4. The second-order valence-electron chi connectivity index (χ2n) is 16.1. The van der Waals surface area contributed by atoms with Gasteiger partial charge in [-0.2, -0.15) is 17.9 Å². The highest BCUT2D eigenvalue weighted by Gasteiger charge is 2.66. The van der Waals surface area contributed by atoms with Crippen molar-refractivity contribution in [2.24, 2.45) is 0 Å². The Morgan fingerprint density at radius 1 is 0.482 bits per heavy atom. The number of hydrogen-bond donors (Lipinski definition) is 0. The summed E-state index contributed by atoms with van der Waals surface area (Å²) in [6.45, 7) is 4.50. The van der Waals surface area contributed by atoms with Crippen molar-refractivity contribution in [2.45, 2.75) is 19.5 Å². The number of benzene rings is 8. The summed E-state index contributed by atoms with van der Waals surface area (Å²) in [6, 6.07) is 51.7. The van der Waals surface area contributed by atoms with E-state index >= 15 is 0 Å². The average molecular weight is 715 g/mol. The highest BCUT2D eigenvalue weighted by atomic mass is 16.5. The lowest BCUT2D eigenvalue weighted by Crippen LogP contribution is -2.71. The molecule has 15 rings (SSSR count). The van der Waals surface area contributed by atoms with Crippen LogP contribution < -0.4 is 13.9 Å². The summed E-state index contributed by atoms with van der Waals surface area (Å²) < 4.78 is 17.6. The van der Waals surface area contributed by atoms with Gasteiger partial charge in [-0.3, -0.25) is 0 Å². The van der Waals surface area contributed by atoms with Gasteiger partial charge in [-0.15, -0.1) is 0 Å². The van der Waals surface area contributed by atoms with Gasteiger partial charge in [0.15, 0.2) is 16.7 Å². The van der Waals surface area contributed by atoms with E-state index in [2.05, 4.69) is 178 Å². The highest BCUT2D eigenvalue weighted by molar-refractivity contribution is 6.33. The van der Waals surface area contributed by atoms with Crippen LogP contribution in [0.3, 0.4) is 0 Å². The minimum Gasteiger partial charge on any atom is -0.456 e. The third kappa shape index (κ3) is 2.75. The molecule has 0 N–H and O–H groups in total. The fourth-order valence-electron chi connectivity index (χ4n) is 11.8. The van der Waals surface area contributed by atoms with Gasteiger partial charge >= 0.3 is 11.3 Å². The molecule has 0 bridgehead atoms. The van der Waals surface area contributed by atoms with Crippen LogP contribution >= 0.6 is 0 Å². The first-order valence-corrected chi connectivity index (χ1v) is 19.5. The van der Waals surface area contributed by atoms with E-state index in [-0.39, 0.29) is 0 Å². The van der Waals surface area contributed by atoms with Gasteiger partial charge in [0, 0.05) is 32.5 Å². The molecule has 258 valence electrons. The second-order valence-corrected chi connectivity index (χ2v) is 16.1. The summed E-state index contributed by atoms with van der Waals surface area (Å²) >= 11 is 0. The molecule has 0 saturated heterocycles. The number of aromatic nitrogens is 4. The molecule has 12 aromatic rings. The monoisotopic (exact) mass is 714 g/mol. The van der Waals surface area contributed by atoms with E-state index in [0.717, 1.165) is 11.5 Å². The van der Waals surface area contributed by atoms with Crippen LogP contribution in [0, 0.1) is 13.8 Å². The maximum Gasteiger partial charge on any atom is 0.316 e. The van der Waals surface area contributed by atoms with Crippen molar-refractivity contribution < 1.29 is 13.9 Å². The zero-order valence-corrected chi connectivity index (χ0v) is 30.6. The standard InChI is InChI=1S/C51H30N4O/c1-27-12-11-13-28(2)42(27)39-26-52-49-44-33(31-16-7-8-19-36(31)53(39)49)22-24-40-46(44)51(52)47-41(56-40)25-23-35-43-32-17-5-3-14-29(32)30-15-4-6-18-34(30)48(43)54-37-20-9-10-21-38(37)55(51)50(54)45(35)47/h3-26H,1-2H3/q+2. The Balaban J connectivity index is 1.28. The summed E-state index contributed by atoms with van der Waals surface area (Å²) in [5.74, 6) is 1.84. The van der Waals surface area contributed by atoms with Gasteiger partial charge in [-0.05, 0) is 83.6 Å². The molecule has 56 heavy (non-hydrogen) atoms. The Labute approximate surface area is 319 Å². The molecule has 8 aromatic carbocycles. The van der Waals surface area contributed by atoms with Gasteiger partial charge < -0.3 is 4.74 Å². The van der Waals surface area contributed by atoms with Crippen LogP contribution in [0.5, 0.6) is 11.5 Å². The summed E-state index contributed by atoms with van der Waals surface area (Å²) in [6.07, 6.45) is 2.47. The van der Waals surface area contributed by atoms with Crippen LogP contribution in [0.2, 0.25) is 0 Å². The number of hydrogen-bond acceptors (Lipinski definition) is 1. The molecule has 3 aliphatic rings. The molecule has 5 heteroatoms. The van der Waals surface area contributed by atoms with Crippen molar-refractivity contribution in [3.05, 3.63) is 168 Å². The number of imidazole rings is 2. The topological polar surface area (TPSA) is 25.8 Å². The summed E-state index contributed by atoms with van der Waals surface area (Å²) in [4.78, 5) is 0. The normalized spacial score (nSPS) is 16.2. The van der Waals surface area contributed by atoms with Crippen LogP contribution in [-0.4, -0.2) is 8.80 Å². The lowest BCUT2D eigenvalue weighted by molar-refractivity contribution is -0.934. The summed E-state index contributed by atoms with van der Waals surface area (Å²) in [7, 11) is 0. The van der Waals surface area contributed by atoms with Gasteiger partial charge in [0.1, 0.15) is 39.9 Å². The second kappa shape index (κ2) is 8.99. The van der Waals surface area contributed by atoms with Crippen LogP contribution in [0.1, 0.15) is 22.3 Å². The van der Waals surface area contributed by atoms with Crippen LogP contribution in [0.25, 0.3) is 98.5 Å². The Hall–Kier alpha value is -7.24. The number of rotatable bonds is 1. The Bertz CT molecular complexity index is 3920. The molecule has 1 unspecified atom stereocenters. The lowest BCUT2D eigenvalue weighted by Gasteiger charge is -2.30. The molecular weight excluding hydrogens is 685 g/mol. The Morgan fingerprint density at radius 3 is 1.84 bits per heavy atom. The molecule has 0 fully saturated rings. The molecule has 1 spiro atoms. The van der Waals surface area contributed by atoms with Gasteiger partial charge in [0.25, 0.3) is 5.65 Å². The average Bonchev–Trinajstić information content (AvgIpc) is 3.97. The zero-order chi connectivity index (χ0) is 36.3. The summed E-state index contributed by atoms with van der Waals surface area (Å²) in [5, 5.41) is 12.6. The van der Waals surface area contributed by atoms with Gasteiger partial charge in [0.2, 0.25) is 0 Å². The summed E-state index contributed by atoms with van der Waals surface area (Å²) in [5.41, 5.74) is 14.0. The number of fused-ring (bicyclic) bond motifs is 14. The fourth-order valence-corrected chi connectivity index (χ4v) is 11.8. The van der Waals surface area contributed by atoms with E-state index in [9.17, 15) is 0 Å². The minimum absolute atomic E-state index is 0.749. The van der Waals surface area contributed by atoms with Crippen molar-refractivity contribution >= 4 is 87.2 Å². The van der Waals surface area contributed by atoms with E-state index in [4.69, 9.17) is 4.74 Å². The third-order valence-electron chi connectivity index (χ3n) is 13.7. The maximum atomic E-state index is 7.15. The number of pyridine rings is 2. The maximum absolute atomic E-state index is 7.15. The Kier molecular flexibility index (Phi) is 4.53. The van der Waals surface area contributed by atoms with Crippen LogP contribution in [-0.2, 0) is 5.66 Å². The molecule has 7 heterocycles. The van der Waals surface area contributed by atoms with E-state index in [1.54, 1.807) is 0 Å². The third-order valence-corrected chi connectivity index (χ3v) is 13.7. The van der Waals surface area contributed by atoms with Gasteiger partial charge in [-0.25, -0.2) is 0 Å². The van der Waals surface area contributed by atoms with Gasteiger partial charge in [0.05, 0.1) is 10.8 Å². The van der Waals surface area contributed by atoms with E-state index in [1.807, 2.05) is 0 Å². The molecule has 4 aromatic heterocycles. The quantitative estimate of drug-likeness (QED) is 0.123. The molecule has 1 atom stereocenters. The molecule has 0 radical (unpaired) electrons. The minimum atomic E-state index is -0.749. The van der Waals surface area contributed by atoms with E-state index < -0.39 is 5.66 Å². The van der Waals surface area contributed by atoms with Crippen molar-refractivity contribution in [2.75, 3.05) is 0 Å². The zero-order valence-electron chi connectivity index (χ0n) is 30.6. The molecule has 0 saturated carbocycles. The molecule has 3 aliphatic heterocycles. The lowest BCUT2D eigenvalue weighted by atomic mass is 9.84. The molecule has 0 aliphatic carbocycles. The predicted molar refractivity (Wildman–Crippen MR) is 224 cm³/mol. The SMILES string of the molecule is Cc1cccc(C)c1-c1c[n+]2c3c4c5c(ccc4c4ccccc4n13)Oc1ccc3c4c1C52[n+]1c2ccccc2n(c2c5ccccc5c5ccccc5c32)c41. The smallest absolute Gasteiger partial charge is 0.316 e. The van der Waals surface area contributed by atoms with E-state index in [1.165, 1.54) is 121 Å². The number of aryl methyl sites for hydroxylation is 2. The molecule has 0 amide bonds. The predicted octanol–water partition coefficient (Wildman–Crippen LogP) is 11.2. The molecule has 5 nitrogen and oxygen atoms in total. The van der Waals surface area contributed by atoms with Crippen molar-refractivity contribution in [3.63, 3.8) is 0 Å². The largest absolute Gasteiger partial charge is 0.456 e. The van der Waals surface area contributed by atoms with Crippen molar-refractivity contribution in [1.82, 2.24) is 8.80 Å².